The van der Waals surface area contributed by atoms with Gasteiger partial charge in [-0.3, -0.25) is 18.8 Å². The summed E-state index contributed by atoms with van der Waals surface area (Å²) >= 11 is 0. The molecular weight excluding hydrogens is 368 g/mol. The number of benzene rings is 1. The van der Waals surface area contributed by atoms with Crippen LogP contribution in [0, 0.1) is 0 Å². The Bertz CT molecular complexity index is 1150. The summed E-state index contributed by atoms with van der Waals surface area (Å²) in [5, 5.41) is 0. The molecule has 152 valence electrons. The summed E-state index contributed by atoms with van der Waals surface area (Å²) in [6.45, 7) is 8.64. The Labute approximate surface area is 168 Å². The van der Waals surface area contributed by atoms with Crippen LogP contribution in [0.4, 0.5) is 5.95 Å². The molecule has 0 saturated carbocycles. The Morgan fingerprint density at radius 3 is 2.38 bits per heavy atom. The van der Waals surface area contributed by atoms with Gasteiger partial charge in [0.15, 0.2) is 11.2 Å². The highest BCUT2D eigenvalue weighted by Gasteiger charge is 2.25. The minimum Gasteiger partial charge on any atom is -0.340 e. The number of hydrogen-bond donors (Lipinski definition) is 0. The first kappa shape index (κ1) is 19.2. The Morgan fingerprint density at radius 1 is 1.03 bits per heavy atom. The molecule has 1 fully saturated rings. The smallest absolute Gasteiger partial charge is 0.332 e. The number of allylic oxidation sites excluding steroid dienone is 1. The molecule has 0 spiro atoms. The van der Waals surface area contributed by atoms with Gasteiger partial charge in [-0.25, -0.2) is 4.79 Å². The Hall–Kier alpha value is -3.13. The molecule has 1 aliphatic heterocycles. The maximum atomic E-state index is 12.8. The van der Waals surface area contributed by atoms with Crippen molar-refractivity contribution in [3.05, 3.63) is 69.4 Å². The summed E-state index contributed by atoms with van der Waals surface area (Å²) in [5.41, 5.74) is 1.47. The number of rotatable bonds is 5. The van der Waals surface area contributed by atoms with Crippen molar-refractivity contribution in [1.29, 1.82) is 0 Å². The highest BCUT2D eigenvalue weighted by atomic mass is 16.2. The van der Waals surface area contributed by atoms with Gasteiger partial charge in [0.25, 0.3) is 5.56 Å². The van der Waals surface area contributed by atoms with E-state index in [1.54, 1.807) is 13.1 Å². The fourth-order valence-corrected chi connectivity index (χ4v) is 3.93. The first-order chi connectivity index (χ1) is 14.0. The van der Waals surface area contributed by atoms with Gasteiger partial charge in [0.1, 0.15) is 0 Å². The van der Waals surface area contributed by atoms with Gasteiger partial charge in [0.05, 0.1) is 0 Å². The highest BCUT2D eigenvalue weighted by Crippen LogP contribution is 2.21. The van der Waals surface area contributed by atoms with Crippen LogP contribution in [0.1, 0.15) is 5.56 Å². The summed E-state index contributed by atoms with van der Waals surface area (Å²) in [4.78, 5) is 34.4. The molecule has 1 aliphatic rings. The molecule has 29 heavy (non-hydrogen) atoms. The SMILES string of the molecule is C=CCn1c(N2CCN(Cc3ccccc3)CC2)nc2c1c(=O)n(C)c(=O)n2C. The lowest BCUT2D eigenvalue weighted by Crippen LogP contribution is -2.46. The largest absolute Gasteiger partial charge is 0.340 e. The normalized spacial score (nSPS) is 15.2. The zero-order valence-corrected chi connectivity index (χ0v) is 16.9. The molecule has 0 N–H and O–H groups in total. The van der Waals surface area contributed by atoms with E-state index < -0.39 is 0 Å². The van der Waals surface area contributed by atoms with Crippen LogP contribution < -0.4 is 16.1 Å². The molecule has 1 aromatic carbocycles. The van der Waals surface area contributed by atoms with Crippen molar-refractivity contribution in [3.8, 4) is 0 Å². The molecule has 3 heterocycles. The van der Waals surface area contributed by atoms with Crippen molar-refractivity contribution in [2.45, 2.75) is 13.1 Å². The molecule has 0 radical (unpaired) electrons. The van der Waals surface area contributed by atoms with Crippen molar-refractivity contribution < 1.29 is 0 Å². The number of anilines is 1. The number of fused-ring (bicyclic) bond motifs is 1. The molecule has 3 aromatic rings. The van der Waals surface area contributed by atoms with E-state index in [2.05, 4.69) is 40.6 Å². The number of aromatic nitrogens is 4. The van der Waals surface area contributed by atoms with E-state index in [0.29, 0.717) is 17.7 Å². The fourth-order valence-electron chi connectivity index (χ4n) is 3.93. The second-order valence-electron chi connectivity index (χ2n) is 7.44. The molecule has 0 bridgehead atoms. The maximum Gasteiger partial charge on any atom is 0.332 e. The topological polar surface area (TPSA) is 68.3 Å². The van der Waals surface area contributed by atoms with Gasteiger partial charge in [0, 0.05) is 53.4 Å². The molecule has 0 unspecified atom stereocenters. The lowest BCUT2D eigenvalue weighted by molar-refractivity contribution is 0.248. The third-order valence-corrected chi connectivity index (χ3v) is 5.54. The summed E-state index contributed by atoms with van der Waals surface area (Å²) in [7, 11) is 3.15. The van der Waals surface area contributed by atoms with Crippen molar-refractivity contribution in [2.24, 2.45) is 14.1 Å². The van der Waals surface area contributed by atoms with Gasteiger partial charge in [-0.2, -0.15) is 4.98 Å². The molecule has 8 nitrogen and oxygen atoms in total. The summed E-state index contributed by atoms with van der Waals surface area (Å²) in [6.07, 6.45) is 1.75. The number of piperazine rings is 1. The average Bonchev–Trinajstić information content (AvgIpc) is 3.12. The number of nitrogens with zero attached hydrogens (tertiary/aromatic N) is 6. The van der Waals surface area contributed by atoms with E-state index in [9.17, 15) is 9.59 Å². The molecule has 0 amide bonds. The first-order valence-corrected chi connectivity index (χ1v) is 9.79. The van der Waals surface area contributed by atoms with Gasteiger partial charge >= 0.3 is 5.69 Å². The summed E-state index contributed by atoms with van der Waals surface area (Å²) in [5.74, 6) is 0.720. The molecular formula is C21H26N6O2. The monoisotopic (exact) mass is 394 g/mol. The third-order valence-electron chi connectivity index (χ3n) is 5.54. The maximum absolute atomic E-state index is 12.8. The Kier molecular flexibility index (Phi) is 5.10. The van der Waals surface area contributed by atoms with Crippen molar-refractivity contribution in [3.63, 3.8) is 0 Å². The predicted octanol–water partition coefficient (Wildman–Crippen LogP) is 0.942. The zero-order chi connectivity index (χ0) is 20.5. The fraction of sp³-hybridized carbons (Fsp3) is 0.381. The quantitative estimate of drug-likeness (QED) is 0.603. The van der Waals surface area contributed by atoms with Crippen LogP contribution >= 0.6 is 0 Å². The number of aryl methyl sites for hydroxylation is 1. The summed E-state index contributed by atoms with van der Waals surface area (Å²) < 4.78 is 4.44. The van der Waals surface area contributed by atoms with E-state index in [-0.39, 0.29) is 11.2 Å². The minimum absolute atomic E-state index is 0.327. The third kappa shape index (κ3) is 3.40. The standard InChI is InChI=1S/C21H26N6O2/c1-4-10-27-17-18(23(2)21(29)24(3)19(17)28)22-20(27)26-13-11-25(12-14-26)15-16-8-6-5-7-9-16/h4-9H,1,10-15H2,2-3H3. The van der Waals surface area contributed by atoms with Crippen LogP contribution in [0.15, 0.2) is 52.6 Å². The van der Waals surface area contributed by atoms with E-state index in [0.717, 1.165) is 43.2 Å². The lowest BCUT2D eigenvalue weighted by atomic mass is 10.2. The van der Waals surface area contributed by atoms with Crippen LogP contribution in [0.2, 0.25) is 0 Å². The van der Waals surface area contributed by atoms with Crippen molar-refractivity contribution in [1.82, 2.24) is 23.6 Å². The number of hydrogen-bond acceptors (Lipinski definition) is 5. The van der Waals surface area contributed by atoms with E-state index in [4.69, 9.17) is 4.98 Å². The van der Waals surface area contributed by atoms with Crippen LogP contribution in [0.3, 0.4) is 0 Å². The van der Waals surface area contributed by atoms with Crippen molar-refractivity contribution in [2.75, 3.05) is 31.1 Å². The van der Waals surface area contributed by atoms with Crippen LogP contribution in [-0.4, -0.2) is 49.8 Å². The molecule has 0 atom stereocenters. The summed E-state index contributed by atoms with van der Waals surface area (Å²) in [6, 6.07) is 10.4. The number of imidazole rings is 1. The van der Waals surface area contributed by atoms with Crippen molar-refractivity contribution >= 4 is 17.1 Å². The Balaban J connectivity index is 1.64. The van der Waals surface area contributed by atoms with Gasteiger partial charge in [-0.1, -0.05) is 36.4 Å². The van der Waals surface area contributed by atoms with E-state index in [1.165, 1.54) is 17.2 Å². The second-order valence-corrected chi connectivity index (χ2v) is 7.44. The molecule has 2 aromatic heterocycles. The molecule has 0 aliphatic carbocycles. The average molecular weight is 394 g/mol. The first-order valence-electron chi connectivity index (χ1n) is 9.79. The molecule has 8 heteroatoms. The van der Waals surface area contributed by atoms with E-state index >= 15 is 0 Å². The van der Waals surface area contributed by atoms with Gasteiger partial charge in [0.2, 0.25) is 5.95 Å². The lowest BCUT2D eigenvalue weighted by Gasteiger charge is -2.35. The van der Waals surface area contributed by atoms with Crippen LogP contribution in [0.5, 0.6) is 0 Å². The second kappa shape index (κ2) is 7.71. The minimum atomic E-state index is -0.370. The van der Waals surface area contributed by atoms with E-state index in [1.807, 2.05) is 10.6 Å². The Morgan fingerprint density at radius 2 is 1.72 bits per heavy atom. The van der Waals surface area contributed by atoms with Crippen LogP contribution in [-0.2, 0) is 27.2 Å². The van der Waals surface area contributed by atoms with Crippen LogP contribution in [0.25, 0.3) is 11.2 Å². The zero-order valence-electron chi connectivity index (χ0n) is 16.9. The predicted molar refractivity (Wildman–Crippen MR) is 114 cm³/mol. The van der Waals surface area contributed by atoms with Gasteiger partial charge in [-0.15, -0.1) is 6.58 Å². The van der Waals surface area contributed by atoms with Gasteiger partial charge < -0.3 is 9.47 Å². The highest BCUT2D eigenvalue weighted by molar-refractivity contribution is 5.74. The molecule has 1 saturated heterocycles. The molecule has 4 rings (SSSR count). The van der Waals surface area contributed by atoms with Gasteiger partial charge in [-0.05, 0) is 5.56 Å².